The molecule has 1 atom stereocenters. The Morgan fingerprint density at radius 2 is 1.88 bits per heavy atom. The van der Waals surface area contributed by atoms with Gasteiger partial charge in [0.2, 0.25) is 5.91 Å². The molecule has 4 nitrogen and oxygen atoms in total. The van der Waals surface area contributed by atoms with E-state index in [2.05, 4.69) is 47.3 Å². The molecule has 1 saturated carbocycles. The standard InChI is InChI=1S/C20H25N3O/c1-19(17-6-3-2-4-7-17)9-8-18(24)22(14-19)15-20(10-11-20)16-23-13-5-12-21-23/h2-7,12-13H,8-11,14-16H2,1H3/t19-/m0/s1. The highest BCUT2D eigenvalue weighted by Crippen LogP contribution is 2.48. The highest BCUT2D eigenvalue weighted by Gasteiger charge is 2.47. The summed E-state index contributed by atoms with van der Waals surface area (Å²) in [6, 6.07) is 12.6. The molecule has 0 spiro atoms. The molecule has 24 heavy (non-hydrogen) atoms. The smallest absolute Gasteiger partial charge is 0.222 e. The number of rotatable bonds is 5. The van der Waals surface area contributed by atoms with Gasteiger partial charge in [0.25, 0.3) is 0 Å². The minimum atomic E-state index is 0.0664. The normalized spacial score (nSPS) is 25.7. The van der Waals surface area contributed by atoms with Crippen LogP contribution >= 0.6 is 0 Å². The van der Waals surface area contributed by atoms with Gasteiger partial charge in [0.1, 0.15) is 0 Å². The van der Waals surface area contributed by atoms with Crippen LogP contribution in [0.1, 0.15) is 38.2 Å². The Balaban J connectivity index is 1.49. The van der Waals surface area contributed by atoms with Crippen molar-refractivity contribution >= 4 is 5.91 Å². The second-order valence-electron chi connectivity index (χ2n) is 7.88. The average molecular weight is 323 g/mol. The molecule has 2 aliphatic rings. The van der Waals surface area contributed by atoms with Crippen molar-refractivity contribution in [2.45, 2.75) is 44.6 Å². The molecule has 4 rings (SSSR count). The van der Waals surface area contributed by atoms with E-state index in [9.17, 15) is 4.79 Å². The lowest BCUT2D eigenvalue weighted by Gasteiger charge is -2.42. The van der Waals surface area contributed by atoms with Crippen LogP contribution in [0.2, 0.25) is 0 Å². The van der Waals surface area contributed by atoms with E-state index in [-0.39, 0.29) is 10.8 Å². The topological polar surface area (TPSA) is 38.1 Å². The number of nitrogens with zero attached hydrogens (tertiary/aromatic N) is 3. The van der Waals surface area contributed by atoms with E-state index in [1.54, 1.807) is 0 Å². The molecule has 1 amide bonds. The Hall–Kier alpha value is -2.10. The lowest BCUT2D eigenvalue weighted by molar-refractivity contribution is -0.136. The van der Waals surface area contributed by atoms with E-state index in [1.807, 2.05) is 23.1 Å². The molecule has 1 aliphatic heterocycles. The first kappa shape index (κ1) is 15.4. The average Bonchev–Trinajstić information content (AvgIpc) is 3.14. The molecule has 2 heterocycles. The zero-order valence-electron chi connectivity index (χ0n) is 14.3. The van der Waals surface area contributed by atoms with Gasteiger partial charge in [0.15, 0.2) is 0 Å². The molecular weight excluding hydrogens is 298 g/mol. The summed E-state index contributed by atoms with van der Waals surface area (Å²) in [7, 11) is 0. The van der Waals surface area contributed by atoms with Crippen molar-refractivity contribution in [3.8, 4) is 0 Å². The summed E-state index contributed by atoms with van der Waals surface area (Å²) in [5, 5.41) is 4.34. The predicted octanol–water partition coefficient (Wildman–Crippen LogP) is 3.24. The molecule has 126 valence electrons. The minimum absolute atomic E-state index is 0.0664. The third-order valence-electron chi connectivity index (χ3n) is 5.79. The van der Waals surface area contributed by atoms with Crippen molar-refractivity contribution in [2.24, 2.45) is 5.41 Å². The molecule has 1 aliphatic carbocycles. The molecule has 0 unspecified atom stereocenters. The summed E-state index contributed by atoms with van der Waals surface area (Å²) < 4.78 is 2.01. The van der Waals surface area contributed by atoms with Crippen LogP contribution in [0.15, 0.2) is 48.8 Å². The Morgan fingerprint density at radius 3 is 2.54 bits per heavy atom. The van der Waals surface area contributed by atoms with Crippen molar-refractivity contribution in [2.75, 3.05) is 13.1 Å². The van der Waals surface area contributed by atoms with E-state index < -0.39 is 0 Å². The van der Waals surface area contributed by atoms with Crippen molar-refractivity contribution in [1.29, 1.82) is 0 Å². The molecule has 4 heteroatoms. The number of likely N-dealkylation sites (tertiary alicyclic amines) is 1. The number of hydrogen-bond donors (Lipinski definition) is 0. The highest BCUT2D eigenvalue weighted by atomic mass is 16.2. The maximum atomic E-state index is 12.5. The van der Waals surface area contributed by atoms with Crippen LogP contribution < -0.4 is 0 Å². The van der Waals surface area contributed by atoms with Crippen molar-refractivity contribution in [1.82, 2.24) is 14.7 Å². The quantitative estimate of drug-likeness (QED) is 0.847. The maximum Gasteiger partial charge on any atom is 0.222 e. The summed E-state index contributed by atoms with van der Waals surface area (Å²) >= 11 is 0. The lowest BCUT2D eigenvalue weighted by atomic mass is 9.75. The van der Waals surface area contributed by atoms with Crippen LogP contribution in [0.4, 0.5) is 0 Å². The number of amides is 1. The SMILES string of the molecule is C[C@]1(c2ccccc2)CCC(=O)N(CC2(Cn3cccn3)CC2)C1. The molecule has 2 aromatic rings. The van der Waals surface area contributed by atoms with Gasteiger partial charge < -0.3 is 4.90 Å². The third-order valence-corrected chi connectivity index (χ3v) is 5.79. The molecule has 2 fully saturated rings. The van der Waals surface area contributed by atoms with Gasteiger partial charge in [-0.2, -0.15) is 5.10 Å². The van der Waals surface area contributed by atoms with Gasteiger partial charge in [-0.05, 0) is 30.9 Å². The Bertz CT molecular complexity index is 706. The van der Waals surface area contributed by atoms with E-state index >= 15 is 0 Å². The van der Waals surface area contributed by atoms with Crippen molar-refractivity contribution in [3.05, 3.63) is 54.4 Å². The summed E-state index contributed by atoms with van der Waals surface area (Å²) in [6.07, 6.45) is 7.83. The molecular formula is C20H25N3O. The molecule has 0 N–H and O–H groups in total. The first-order valence-electron chi connectivity index (χ1n) is 8.90. The Morgan fingerprint density at radius 1 is 1.08 bits per heavy atom. The fraction of sp³-hybridized carbons (Fsp3) is 0.500. The van der Waals surface area contributed by atoms with Gasteiger partial charge in [-0.1, -0.05) is 37.3 Å². The van der Waals surface area contributed by atoms with Crippen LogP contribution in [-0.4, -0.2) is 33.7 Å². The van der Waals surface area contributed by atoms with Gasteiger partial charge in [-0.3, -0.25) is 9.48 Å². The van der Waals surface area contributed by atoms with Crippen LogP contribution in [0.25, 0.3) is 0 Å². The van der Waals surface area contributed by atoms with Gasteiger partial charge >= 0.3 is 0 Å². The van der Waals surface area contributed by atoms with Crippen molar-refractivity contribution in [3.63, 3.8) is 0 Å². The largest absolute Gasteiger partial charge is 0.341 e. The highest BCUT2D eigenvalue weighted by molar-refractivity contribution is 5.77. The molecule has 1 aromatic heterocycles. The summed E-state index contributed by atoms with van der Waals surface area (Å²) in [5.41, 5.74) is 1.65. The number of piperidine rings is 1. The molecule has 1 aromatic carbocycles. The van der Waals surface area contributed by atoms with Crippen LogP contribution in [0, 0.1) is 5.41 Å². The van der Waals surface area contributed by atoms with Crippen LogP contribution in [0.5, 0.6) is 0 Å². The Kier molecular flexibility index (Phi) is 3.70. The molecule has 0 bridgehead atoms. The fourth-order valence-corrected chi connectivity index (χ4v) is 4.04. The fourth-order valence-electron chi connectivity index (χ4n) is 4.04. The minimum Gasteiger partial charge on any atom is -0.341 e. The molecule has 1 saturated heterocycles. The van der Waals surface area contributed by atoms with Crippen LogP contribution in [0.3, 0.4) is 0 Å². The van der Waals surface area contributed by atoms with Crippen LogP contribution in [-0.2, 0) is 16.8 Å². The maximum absolute atomic E-state index is 12.5. The zero-order valence-corrected chi connectivity index (χ0v) is 14.3. The van der Waals surface area contributed by atoms with Crippen molar-refractivity contribution < 1.29 is 4.79 Å². The van der Waals surface area contributed by atoms with E-state index in [0.717, 1.165) is 26.1 Å². The first-order valence-corrected chi connectivity index (χ1v) is 8.90. The number of carbonyl (C=O) groups is 1. The number of carbonyl (C=O) groups excluding carboxylic acids is 1. The van der Waals surface area contributed by atoms with Gasteiger partial charge in [0.05, 0.1) is 0 Å². The van der Waals surface area contributed by atoms with Gasteiger partial charge in [-0.15, -0.1) is 0 Å². The predicted molar refractivity (Wildman–Crippen MR) is 93.5 cm³/mol. The third kappa shape index (κ3) is 2.97. The first-order chi connectivity index (χ1) is 11.6. The lowest BCUT2D eigenvalue weighted by Crippen LogP contribution is -2.49. The monoisotopic (exact) mass is 323 g/mol. The second kappa shape index (κ2) is 5.76. The van der Waals surface area contributed by atoms with E-state index in [1.165, 1.54) is 18.4 Å². The Labute approximate surface area is 143 Å². The van der Waals surface area contributed by atoms with Gasteiger partial charge in [-0.25, -0.2) is 0 Å². The zero-order chi connectivity index (χ0) is 16.6. The van der Waals surface area contributed by atoms with Gasteiger partial charge in [0, 0.05) is 49.3 Å². The van der Waals surface area contributed by atoms with E-state index in [4.69, 9.17) is 0 Å². The molecule has 0 radical (unpaired) electrons. The summed E-state index contributed by atoms with van der Waals surface area (Å²) in [6.45, 7) is 4.92. The number of hydrogen-bond acceptors (Lipinski definition) is 2. The number of aromatic nitrogens is 2. The summed E-state index contributed by atoms with van der Waals surface area (Å²) in [5.74, 6) is 0.315. The van der Waals surface area contributed by atoms with E-state index in [0.29, 0.717) is 12.3 Å². The summed E-state index contributed by atoms with van der Waals surface area (Å²) in [4.78, 5) is 14.6. The number of benzene rings is 1. The second-order valence-corrected chi connectivity index (χ2v) is 7.88.